The first-order chi connectivity index (χ1) is 9.29. The lowest BCUT2D eigenvalue weighted by Crippen LogP contribution is -2.16. The van der Waals surface area contributed by atoms with Crippen LogP contribution in [0.15, 0.2) is 24.3 Å². The number of unbranched alkanes of at least 4 members (excludes halogenated alkanes) is 5. The summed E-state index contributed by atoms with van der Waals surface area (Å²) in [6.07, 6.45) is 7.52. The highest BCUT2D eigenvalue weighted by atomic mass is 35.5. The van der Waals surface area contributed by atoms with E-state index in [1.807, 2.05) is 24.3 Å². The summed E-state index contributed by atoms with van der Waals surface area (Å²) in [6, 6.07) is 7.76. The molecule has 0 aliphatic heterocycles. The topological polar surface area (TPSA) is 35.2 Å². The van der Waals surface area contributed by atoms with Crippen molar-refractivity contribution in [2.24, 2.45) is 5.73 Å². The van der Waals surface area contributed by atoms with Gasteiger partial charge in [-0.2, -0.15) is 0 Å². The van der Waals surface area contributed by atoms with Crippen molar-refractivity contribution in [3.63, 3.8) is 0 Å². The molecule has 2 nitrogen and oxygen atoms in total. The molecule has 19 heavy (non-hydrogen) atoms. The van der Waals surface area contributed by atoms with Crippen LogP contribution in [0.1, 0.15) is 57.1 Å². The average molecular weight is 284 g/mol. The Labute approximate surface area is 122 Å². The molecule has 0 radical (unpaired) electrons. The molecule has 0 fully saturated rings. The van der Waals surface area contributed by atoms with Crippen LogP contribution in [-0.2, 0) is 4.74 Å². The molecule has 1 aromatic carbocycles. The Morgan fingerprint density at radius 1 is 1.11 bits per heavy atom. The molecule has 0 saturated carbocycles. The molecule has 0 aliphatic carbocycles. The predicted octanol–water partition coefficient (Wildman–Crippen LogP) is 4.72. The van der Waals surface area contributed by atoms with Crippen LogP contribution in [0.25, 0.3) is 0 Å². The summed E-state index contributed by atoms with van der Waals surface area (Å²) in [5, 5.41) is 0.737. The summed E-state index contributed by atoms with van der Waals surface area (Å²) in [5.74, 6) is 0. The molecule has 2 N–H and O–H groups in total. The van der Waals surface area contributed by atoms with Crippen molar-refractivity contribution in [2.75, 3.05) is 13.2 Å². The van der Waals surface area contributed by atoms with E-state index in [0.29, 0.717) is 6.54 Å². The lowest BCUT2D eigenvalue weighted by Gasteiger charge is -2.17. The van der Waals surface area contributed by atoms with E-state index in [2.05, 4.69) is 6.92 Å². The maximum absolute atomic E-state index is 6.16. The van der Waals surface area contributed by atoms with Crippen LogP contribution < -0.4 is 5.73 Å². The van der Waals surface area contributed by atoms with Crippen molar-refractivity contribution in [3.05, 3.63) is 34.9 Å². The minimum Gasteiger partial charge on any atom is -0.372 e. The molecule has 0 heterocycles. The number of ether oxygens (including phenoxy) is 1. The van der Waals surface area contributed by atoms with E-state index < -0.39 is 0 Å². The van der Waals surface area contributed by atoms with Gasteiger partial charge >= 0.3 is 0 Å². The molecule has 1 aromatic rings. The van der Waals surface area contributed by atoms with Gasteiger partial charge in [0, 0.05) is 23.7 Å². The largest absolute Gasteiger partial charge is 0.372 e. The van der Waals surface area contributed by atoms with E-state index in [-0.39, 0.29) is 6.10 Å². The quantitative estimate of drug-likeness (QED) is 0.631. The van der Waals surface area contributed by atoms with Gasteiger partial charge in [-0.3, -0.25) is 0 Å². The van der Waals surface area contributed by atoms with Crippen LogP contribution in [-0.4, -0.2) is 13.2 Å². The minimum absolute atomic E-state index is 0.0793. The fourth-order valence-electron chi connectivity index (χ4n) is 2.13. The summed E-state index contributed by atoms with van der Waals surface area (Å²) in [6.45, 7) is 3.47. The van der Waals surface area contributed by atoms with E-state index in [1.165, 1.54) is 32.1 Å². The van der Waals surface area contributed by atoms with Gasteiger partial charge in [-0.15, -0.1) is 0 Å². The average Bonchev–Trinajstić information content (AvgIpc) is 2.43. The normalized spacial score (nSPS) is 12.6. The van der Waals surface area contributed by atoms with Crippen LogP contribution in [0.3, 0.4) is 0 Å². The molecule has 1 rings (SSSR count). The highest BCUT2D eigenvalue weighted by molar-refractivity contribution is 6.31. The summed E-state index contributed by atoms with van der Waals surface area (Å²) in [4.78, 5) is 0. The van der Waals surface area contributed by atoms with Crippen molar-refractivity contribution in [3.8, 4) is 0 Å². The Morgan fingerprint density at radius 3 is 2.47 bits per heavy atom. The first kappa shape index (κ1) is 16.5. The number of rotatable bonds is 10. The predicted molar refractivity (Wildman–Crippen MR) is 82.6 cm³/mol. The maximum Gasteiger partial charge on any atom is 0.0961 e. The minimum atomic E-state index is -0.0793. The van der Waals surface area contributed by atoms with Crippen molar-refractivity contribution in [1.29, 1.82) is 0 Å². The highest BCUT2D eigenvalue weighted by Gasteiger charge is 2.12. The van der Waals surface area contributed by atoms with Crippen molar-refractivity contribution >= 4 is 11.6 Å². The number of hydrogen-bond donors (Lipinski definition) is 1. The standard InChI is InChI=1S/C16H26ClNO/c1-2-3-4-5-6-9-12-19-16(13-18)14-10-7-8-11-15(14)17/h7-8,10-11,16H,2-6,9,12-13,18H2,1H3. The van der Waals surface area contributed by atoms with Crippen molar-refractivity contribution in [1.82, 2.24) is 0 Å². The van der Waals surface area contributed by atoms with Gasteiger partial charge in [0.2, 0.25) is 0 Å². The highest BCUT2D eigenvalue weighted by Crippen LogP contribution is 2.24. The fraction of sp³-hybridized carbons (Fsp3) is 0.625. The van der Waals surface area contributed by atoms with Crippen LogP contribution in [0.5, 0.6) is 0 Å². The van der Waals surface area contributed by atoms with Gasteiger partial charge in [0.25, 0.3) is 0 Å². The first-order valence-electron chi connectivity index (χ1n) is 7.35. The molecule has 0 aromatic heterocycles. The van der Waals surface area contributed by atoms with Gasteiger partial charge in [-0.1, -0.05) is 68.8 Å². The third-order valence-corrected chi connectivity index (χ3v) is 3.63. The molecule has 0 bridgehead atoms. The molecule has 3 heteroatoms. The first-order valence-corrected chi connectivity index (χ1v) is 7.73. The summed E-state index contributed by atoms with van der Waals surface area (Å²) in [5.41, 5.74) is 6.77. The third kappa shape index (κ3) is 6.42. The molecule has 1 atom stereocenters. The van der Waals surface area contributed by atoms with Gasteiger partial charge in [0.15, 0.2) is 0 Å². The van der Waals surface area contributed by atoms with Crippen molar-refractivity contribution in [2.45, 2.75) is 51.6 Å². The Bertz CT molecular complexity index is 343. The number of hydrogen-bond acceptors (Lipinski definition) is 2. The molecule has 1 unspecified atom stereocenters. The monoisotopic (exact) mass is 283 g/mol. The Morgan fingerprint density at radius 2 is 1.79 bits per heavy atom. The SMILES string of the molecule is CCCCCCCCOC(CN)c1ccccc1Cl. The molecule has 0 spiro atoms. The summed E-state index contributed by atoms with van der Waals surface area (Å²) < 4.78 is 5.86. The zero-order chi connectivity index (χ0) is 13.9. The van der Waals surface area contributed by atoms with Crippen LogP contribution in [0.4, 0.5) is 0 Å². The van der Waals surface area contributed by atoms with E-state index in [9.17, 15) is 0 Å². The van der Waals surface area contributed by atoms with Crippen LogP contribution >= 0.6 is 11.6 Å². The molecular formula is C16H26ClNO. The third-order valence-electron chi connectivity index (χ3n) is 3.28. The van der Waals surface area contributed by atoms with Gasteiger partial charge in [-0.25, -0.2) is 0 Å². The second kappa shape index (κ2) is 10.2. The molecule has 0 aliphatic rings. The van der Waals surface area contributed by atoms with Gasteiger partial charge in [0.1, 0.15) is 0 Å². The maximum atomic E-state index is 6.16. The van der Waals surface area contributed by atoms with E-state index in [0.717, 1.165) is 23.6 Å². The number of benzene rings is 1. The molecule has 108 valence electrons. The Balaban J connectivity index is 2.24. The fourth-order valence-corrected chi connectivity index (χ4v) is 2.39. The van der Waals surface area contributed by atoms with Crippen molar-refractivity contribution < 1.29 is 4.74 Å². The number of nitrogens with two attached hydrogens (primary N) is 1. The Hall–Kier alpha value is -0.570. The van der Waals surface area contributed by atoms with E-state index in [4.69, 9.17) is 22.1 Å². The smallest absolute Gasteiger partial charge is 0.0961 e. The second-order valence-corrected chi connectivity index (χ2v) is 5.29. The number of halogens is 1. The second-order valence-electron chi connectivity index (χ2n) is 4.88. The zero-order valence-electron chi connectivity index (χ0n) is 11.9. The summed E-state index contributed by atoms with van der Waals surface area (Å²) >= 11 is 6.16. The molecule has 0 saturated heterocycles. The molecular weight excluding hydrogens is 258 g/mol. The van der Waals surface area contributed by atoms with E-state index >= 15 is 0 Å². The zero-order valence-corrected chi connectivity index (χ0v) is 12.7. The van der Waals surface area contributed by atoms with Gasteiger partial charge in [0.05, 0.1) is 6.10 Å². The molecule has 0 amide bonds. The summed E-state index contributed by atoms with van der Waals surface area (Å²) in [7, 11) is 0. The van der Waals surface area contributed by atoms with Gasteiger partial charge < -0.3 is 10.5 Å². The lowest BCUT2D eigenvalue weighted by molar-refractivity contribution is 0.0558. The van der Waals surface area contributed by atoms with Crippen LogP contribution in [0.2, 0.25) is 5.02 Å². The Kier molecular flexibility index (Phi) is 8.89. The van der Waals surface area contributed by atoms with E-state index in [1.54, 1.807) is 0 Å². The van der Waals surface area contributed by atoms with Crippen LogP contribution in [0, 0.1) is 0 Å². The lowest BCUT2D eigenvalue weighted by atomic mass is 10.1. The van der Waals surface area contributed by atoms with Gasteiger partial charge in [-0.05, 0) is 12.5 Å².